The highest BCUT2D eigenvalue weighted by molar-refractivity contribution is 5.30. The van der Waals surface area contributed by atoms with Crippen molar-refractivity contribution in [1.29, 1.82) is 0 Å². The van der Waals surface area contributed by atoms with E-state index in [0.29, 0.717) is 18.4 Å². The highest BCUT2D eigenvalue weighted by Crippen LogP contribution is 2.38. The molecule has 0 bridgehead atoms. The highest BCUT2D eigenvalue weighted by Gasteiger charge is 2.40. The Kier molecular flexibility index (Phi) is 3.38. The third-order valence-electron chi connectivity index (χ3n) is 3.55. The fourth-order valence-corrected chi connectivity index (χ4v) is 2.42. The van der Waals surface area contributed by atoms with Crippen LogP contribution < -0.4 is 0 Å². The standard InChI is InChI=1S/C13H15F3O2/c14-13(15,16)10-6-4-9(5-7-10)12(18)8-2-1-3-11(12)17/h4-7,11,17-18H,1-3,8H2/t11-,12-/m0/s1. The summed E-state index contributed by atoms with van der Waals surface area (Å²) in [6.45, 7) is 0. The van der Waals surface area contributed by atoms with Crippen LogP contribution >= 0.6 is 0 Å². The molecule has 0 heterocycles. The van der Waals surface area contributed by atoms with Crippen LogP contribution in [0.25, 0.3) is 0 Å². The van der Waals surface area contributed by atoms with Crippen LogP contribution in [0.2, 0.25) is 0 Å². The molecule has 1 aromatic carbocycles. The topological polar surface area (TPSA) is 40.5 Å². The molecule has 2 atom stereocenters. The molecule has 0 unspecified atom stereocenters. The summed E-state index contributed by atoms with van der Waals surface area (Å²) in [7, 11) is 0. The zero-order valence-electron chi connectivity index (χ0n) is 9.74. The van der Waals surface area contributed by atoms with Crippen LogP contribution in [-0.2, 0) is 11.8 Å². The summed E-state index contributed by atoms with van der Waals surface area (Å²) in [5.41, 5.74) is -1.81. The Morgan fingerprint density at radius 1 is 1.11 bits per heavy atom. The van der Waals surface area contributed by atoms with Gasteiger partial charge in [0.25, 0.3) is 0 Å². The second-order valence-electron chi connectivity index (χ2n) is 4.76. The molecule has 2 nitrogen and oxygen atoms in total. The highest BCUT2D eigenvalue weighted by atomic mass is 19.4. The van der Waals surface area contributed by atoms with Crippen molar-refractivity contribution in [2.75, 3.05) is 0 Å². The van der Waals surface area contributed by atoms with Gasteiger partial charge in [-0.2, -0.15) is 13.2 Å². The van der Waals surface area contributed by atoms with Crippen molar-refractivity contribution in [2.24, 2.45) is 0 Å². The van der Waals surface area contributed by atoms with E-state index < -0.39 is 23.4 Å². The van der Waals surface area contributed by atoms with E-state index in [0.717, 1.165) is 25.0 Å². The van der Waals surface area contributed by atoms with Crippen molar-refractivity contribution in [2.45, 2.75) is 43.6 Å². The molecule has 1 saturated carbocycles. The average Bonchev–Trinajstić information content (AvgIpc) is 2.32. The summed E-state index contributed by atoms with van der Waals surface area (Å²) >= 11 is 0. The Hall–Kier alpha value is -1.07. The number of hydrogen-bond donors (Lipinski definition) is 2. The molecule has 0 spiro atoms. The lowest BCUT2D eigenvalue weighted by Gasteiger charge is -2.37. The van der Waals surface area contributed by atoms with E-state index in [-0.39, 0.29) is 0 Å². The zero-order chi connectivity index (χ0) is 13.4. The molecule has 0 aromatic heterocycles. The maximum Gasteiger partial charge on any atom is 0.416 e. The minimum absolute atomic E-state index is 0.350. The van der Waals surface area contributed by atoms with Gasteiger partial charge in [-0.1, -0.05) is 25.0 Å². The van der Waals surface area contributed by atoms with E-state index in [1.54, 1.807) is 0 Å². The van der Waals surface area contributed by atoms with Crippen LogP contribution in [0.3, 0.4) is 0 Å². The average molecular weight is 260 g/mol. The fourth-order valence-electron chi connectivity index (χ4n) is 2.42. The van der Waals surface area contributed by atoms with Gasteiger partial charge in [0.1, 0.15) is 5.60 Å². The minimum atomic E-state index is -4.38. The molecule has 0 saturated heterocycles. The first-order valence-corrected chi connectivity index (χ1v) is 5.92. The summed E-state index contributed by atoms with van der Waals surface area (Å²) < 4.78 is 37.3. The summed E-state index contributed by atoms with van der Waals surface area (Å²) in [4.78, 5) is 0. The molecule has 18 heavy (non-hydrogen) atoms. The summed E-state index contributed by atoms with van der Waals surface area (Å²) in [5, 5.41) is 20.2. The predicted molar refractivity (Wildman–Crippen MR) is 59.8 cm³/mol. The van der Waals surface area contributed by atoms with E-state index in [9.17, 15) is 23.4 Å². The molecule has 1 aliphatic carbocycles. The van der Waals surface area contributed by atoms with Crippen molar-refractivity contribution in [3.8, 4) is 0 Å². The lowest BCUT2D eigenvalue weighted by atomic mass is 9.77. The zero-order valence-corrected chi connectivity index (χ0v) is 9.74. The van der Waals surface area contributed by atoms with Crippen LogP contribution in [0.5, 0.6) is 0 Å². The maximum absolute atomic E-state index is 12.4. The van der Waals surface area contributed by atoms with Crippen LogP contribution in [0.4, 0.5) is 13.2 Å². The van der Waals surface area contributed by atoms with Crippen LogP contribution in [0.1, 0.15) is 36.8 Å². The van der Waals surface area contributed by atoms with Gasteiger partial charge < -0.3 is 10.2 Å². The van der Waals surface area contributed by atoms with Gasteiger partial charge in [-0.3, -0.25) is 0 Å². The largest absolute Gasteiger partial charge is 0.416 e. The molecule has 2 N–H and O–H groups in total. The maximum atomic E-state index is 12.4. The van der Waals surface area contributed by atoms with Gasteiger partial charge in [0, 0.05) is 0 Å². The molecule has 2 rings (SSSR count). The molecule has 0 amide bonds. The van der Waals surface area contributed by atoms with Gasteiger partial charge in [0.2, 0.25) is 0 Å². The second kappa shape index (κ2) is 4.55. The summed E-state index contributed by atoms with van der Waals surface area (Å²) in [6, 6.07) is 4.37. The van der Waals surface area contributed by atoms with Crippen molar-refractivity contribution in [3.63, 3.8) is 0 Å². The number of benzene rings is 1. The lowest BCUT2D eigenvalue weighted by molar-refractivity contribution is -0.137. The quantitative estimate of drug-likeness (QED) is 0.815. The molecule has 1 fully saturated rings. The van der Waals surface area contributed by atoms with Crippen LogP contribution in [0.15, 0.2) is 24.3 Å². The molecule has 1 aliphatic rings. The Balaban J connectivity index is 2.28. The molecule has 0 radical (unpaired) electrons. The van der Waals surface area contributed by atoms with Crippen molar-refractivity contribution in [1.82, 2.24) is 0 Å². The number of halogens is 3. The first kappa shape index (κ1) is 13.4. The van der Waals surface area contributed by atoms with Gasteiger partial charge in [0.05, 0.1) is 11.7 Å². The lowest BCUT2D eigenvalue weighted by Crippen LogP contribution is -2.42. The van der Waals surface area contributed by atoms with Gasteiger partial charge in [-0.15, -0.1) is 0 Å². The monoisotopic (exact) mass is 260 g/mol. The second-order valence-corrected chi connectivity index (χ2v) is 4.76. The Bertz CT molecular complexity index is 413. The molecule has 5 heteroatoms. The SMILES string of the molecule is O[C@H]1CCCC[C@]1(O)c1ccc(C(F)(F)F)cc1. The number of aliphatic hydroxyl groups is 2. The molecule has 1 aromatic rings. The Labute approximate surface area is 103 Å². The predicted octanol–water partition coefficient (Wildman–Crippen LogP) is 2.83. The number of aliphatic hydroxyl groups excluding tert-OH is 1. The Morgan fingerprint density at radius 2 is 1.72 bits per heavy atom. The number of rotatable bonds is 1. The number of hydrogen-bond acceptors (Lipinski definition) is 2. The van der Waals surface area contributed by atoms with Gasteiger partial charge in [-0.05, 0) is 30.5 Å². The van der Waals surface area contributed by atoms with E-state index in [4.69, 9.17) is 0 Å². The molecular weight excluding hydrogens is 245 g/mol. The Morgan fingerprint density at radius 3 is 2.22 bits per heavy atom. The number of alkyl halides is 3. The summed E-state index contributed by atoms with van der Waals surface area (Å²) in [6.07, 6.45) is -2.87. The van der Waals surface area contributed by atoms with Crippen LogP contribution in [-0.4, -0.2) is 16.3 Å². The first-order valence-electron chi connectivity index (χ1n) is 5.92. The van der Waals surface area contributed by atoms with E-state index >= 15 is 0 Å². The van der Waals surface area contributed by atoms with Gasteiger partial charge in [-0.25, -0.2) is 0 Å². The molecule has 100 valence electrons. The third-order valence-corrected chi connectivity index (χ3v) is 3.55. The third kappa shape index (κ3) is 2.37. The van der Waals surface area contributed by atoms with E-state index in [2.05, 4.69) is 0 Å². The van der Waals surface area contributed by atoms with Gasteiger partial charge in [0.15, 0.2) is 0 Å². The normalized spacial score (nSPS) is 29.3. The van der Waals surface area contributed by atoms with Crippen molar-refractivity contribution in [3.05, 3.63) is 35.4 Å². The van der Waals surface area contributed by atoms with E-state index in [1.807, 2.05) is 0 Å². The smallest absolute Gasteiger partial charge is 0.390 e. The fraction of sp³-hybridized carbons (Fsp3) is 0.538. The molecule has 0 aliphatic heterocycles. The minimum Gasteiger partial charge on any atom is -0.390 e. The first-order chi connectivity index (χ1) is 8.34. The van der Waals surface area contributed by atoms with Crippen molar-refractivity contribution >= 4 is 0 Å². The van der Waals surface area contributed by atoms with Gasteiger partial charge >= 0.3 is 6.18 Å². The van der Waals surface area contributed by atoms with Crippen LogP contribution in [0, 0.1) is 0 Å². The van der Waals surface area contributed by atoms with E-state index in [1.165, 1.54) is 12.1 Å². The molecular formula is C13H15F3O2. The van der Waals surface area contributed by atoms with Crippen molar-refractivity contribution < 1.29 is 23.4 Å². The summed E-state index contributed by atoms with van der Waals surface area (Å²) in [5.74, 6) is 0.